The second-order valence-electron chi connectivity index (χ2n) is 5.38. The zero-order valence-corrected chi connectivity index (χ0v) is 11.9. The highest BCUT2D eigenvalue weighted by Gasteiger charge is 2.10. The maximum atomic E-state index is 9.15. The van der Waals surface area contributed by atoms with Gasteiger partial charge >= 0.3 is 0 Å². The Balaban J connectivity index is 1.87. The molecule has 1 aliphatic heterocycles. The van der Waals surface area contributed by atoms with Crippen molar-refractivity contribution in [1.29, 1.82) is 0 Å². The predicted molar refractivity (Wildman–Crippen MR) is 80.5 cm³/mol. The molecule has 1 aromatic rings. The molecular weight excluding hydrogens is 236 g/mol. The number of aliphatic hydroxyl groups excluding tert-OH is 1. The average molecular weight is 262 g/mol. The van der Waals surface area contributed by atoms with Crippen molar-refractivity contribution in [1.82, 2.24) is 5.32 Å². The molecule has 0 saturated carbocycles. The molecule has 1 fully saturated rings. The lowest BCUT2D eigenvalue weighted by Crippen LogP contribution is -2.31. The second-order valence-corrected chi connectivity index (χ2v) is 5.38. The van der Waals surface area contributed by atoms with E-state index in [2.05, 4.69) is 41.4 Å². The molecule has 106 valence electrons. The van der Waals surface area contributed by atoms with Crippen molar-refractivity contribution in [2.75, 3.05) is 24.6 Å². The highest BCUT2D eigenvalue weighted by atomic mass is 16.3. The summed E-state index contributed by atoms with van der Waals surface area (Å²) in [5.74, 6) is 0. The summed E-state index contributed by atoms with van der Waals surface area (Å²) < 4.78 is 0. The highest BCUT2D eigenvalue weighted by molar-refractivity contribution is 5.47. The number of anilines is 1. The number of hydrogen-bond acceptors (Lipinski definition) is 3. The van der Waals surface area contributed by atoms with Gasteiger partial charge in [0, 0.05) is 31.4 Å². The summed E-state index contributed by atoms with van der Waals surface area (Å²) in [6.07, 6.45) is 4.97. The van der Waals surface area contributed by atoms with Gasteiger partial charge in [-0.2, -0.15) is 0 Å². The lowest BCUT2D eigenvalue weighted by molar-refractivity contribution is 0.238. The fourth-order valence-corrected chi connectivity index (χ4v) is 2.58. The van der Waals surface area contributed by atoms with Crippen LogP contribution in [0.4, 0.5) is 5.69 Å². The van der Waals surface area contributed by atoms with Gasteiger partial charge in [0.25, 0.3) is 0 Å². The van der Waals surface area contributed by atoms with Crippen molar-refractivity contribution < 1.29 is 5.11 Å². The number of nitrogens with one attached hydrogen (secondary N) is 1. The molecule has 3 nitrogen and oxygen atoms in total. The quantitative estimate of drug-likeness (QED) is 0.827. The first-order valence-corrected chi connectivity index (χ1v) is 7.51. The molecule has 0 spiro atoms. The van der Waals surface area contributed by atoms with Crippen molar-refractivity contribution >= 4 is 5.69 Å². The van der Waals surface area contributed by atoms with Crippen LogP contribution in [0.25, 0.3) is 0 Å². The van der Waals surface area contributed by atoms with Crippen molar-refractivity contribution in [3.05, 3.63) is 29.8 Å². The summed E-state index contributed by atoms with van der Waals surface area (Å²) in [5.41, 5.74) is 2.63. The number of aliphatic hydroxyl groups is 1. The van der Waals surface area contributed by atoms with E-state index in [-0.39, 0.29) is 12.6 Å². The maximum absolute atomic E-state index is 9.15. The molecule has 1 saturated heterocycles. The molecule has 0 amide bonds. The predicted octanol–water partition coefficient (Wildman–Crippen LogP) is 2.54. The normalized spacial score (nSPS) is 17.5. The smallest absolute Gasteiger partial charge is 0.0584 e. The Hall–Kier alpha value is -1.06. The van der Waals surface area contributed by atoms with E-state index in [4.69, 9.17) is 5.11 Å². The minimum atomic E-state index is 0.210. The first-order chi connectivity index (χ1) is 9.33. The van der Waals surface area contributed by atoms with Gasteiger partial charge in [-0.25, -0.2) is 0 Å². The van der Waals surface area contributed by atoms with Crippen molar-refractivity contribution in [3.8, 4) is 0 Å². The fourth-order valence-electron chi connectivity index (χ4n) is 2.58. The van der Waals surface area contributed by atoms with Crippen LogP contribution in [0.2, 0.25) is 0 Å². The molecule has 2 rings (SSSR count). The summed E-state index contributed by atoms with van der Waals surface area (Å²) in [5, 5.41) is 12.5. The van der Waals surface area contributed by atoms with Crippen LogP contribution >= 0.6 is 0 Å². The number of rotatable bonds is 6. The van der Waals surface area contributed by atoms with Gasteiger partial charge in [0.1, 0.15) is 0 Å². The van der Waals surface area contributed by atoms with Crippen molar-refractivity contribution in [3.63, 3.8) is 0 Å². The second kappa shape index (κ2) is 7.51. The molecule has 19 heavy (non-hydrogen) atoms. The van der Waals surface area contributed by atoms with E-state index < -0.39 is 0 Å². The zero-order valence-electron chi connectivity index (χ0n) is 11.9. The summed E-state index contributed by atoms with van der Waals surface area (Å²) in [6.45, 7) is 5.52. The summed E-state index contributed by atoms with van der Waals surface area (Å²) in [6, 6.07) is 9.05. The minimum absolute atomic E-state index is 0.210. The van der Waals surface area contributed by atoms with Gasteiger partial charge in [-0.1, -0.05) is 19.1 Å². The highest BCUT2D eigenvalue weighted by Crippen LogP contribution is 2.20. The molecule has 2 N–H and O–H groups in total. The number of benzene rings is 1. The van der Waals surface area contributed by atoms with Gasteiger partial charge < -0.3 is 15.3 Å². The van der Waals surface area contributed by atoms with Crippen LogP contribution < -0.4 is 10.2 Å². The zero-order chi connectivity index (χ0) is 13.5. The van der Waals surface area contributed by atoms with Gasteiger partial charge in [-0.3, -0.25) is 0 Å². The Kier molecular flexibility index (Phi) is 5.67. The Bertz CT molecular complexity index is 354. The van der Waals surface area contributed by atoms with E-state index >= 15 is 0 Å². The molecule has 1 heterocycles. The van der Waals surface area contributed by atoms with Crippen LogP contribution in [0.5, 0.6) is 0 Å². The molecule has 0 aromatic heterocycles. The summed E-state index contributed by atoms with van der Waals surface area (Å²) in [7, 11) is 0. The third-order valence-electron chi connectivity index (χ3n) is 3.97. The SMILES string of the molecule is CC[C@H](CO)NCc1ccc(N2CCCCC2)cc1. The molecule has 1 aromatic carbocycles. The number of piperidine rings is 1. The van der Waals surface area contributed by atoms with E-state index in [9.17, 15) is 0 Å². The van der Waals surface area contributed by atoms with Crippen LogP contribution in [0.1, 0.15) is 38.2 Å². The number of nitrogens with zero attached hydrogens (tertiary/aromatic N) is 1. The van der Waals surface area contributed by atoms with E-state index in [1.165, 1.54) is 43.6 Å². The average Bonchev–Trinajstić information content (AvgIpc) is 2.50. The third kappa shape index (κ3) is 4.22. The standard InChI is InChI=1S/C16H26N2O/c1-2-15(13-19)17-12-14-6-8-16(9-7-14)18-10-4-3-5-11-18/h6-9,15,17,19H,2-5,10-13H2,1H3/t15-/m1/s1. The minimum Gasteiger partial charge on any atom is -0.395 e. The first kappa shape index (κ1) is 14.4. The fraction of sp³-hybridized carbons (Fsp3) is 0.625. The summed E-state index contributed by atoms with van der Waals surface area (Å²) >= 11 is 0. The topological polar surface area (TPSA) is 35.5 Å². The van der Waals surface area contributed by atoms with Gasteiger partial charge in [-0.15, -0.1) is 0 Å². The van der Waals surface area contributed by atoms with Crippen molar-refractivity contribution in [2.45, 2.75) is 45.2 Å². The lowest BCUT2D eigenvalue weighted by Gasteiger charge is -2.29. The first-order valence-electron chi connectivity index (χ1n) is 7.51. The van der Waals surface area contributed by atoms with Gasteiger partial charge in [-0.05, 0) is 43.4 Å². The summed E-state index contributed by atoms with van der Waals surface area (Å²) in [4.78, 5) is 2.48. The van der Waals surface area contributed by atoms with E-state index in [1.54, 1.807) is 0 Å². The van der Waals surface area contributed by atoms with Gasteiger partial charge in [0.2, 0.25) is 0 Å². The maximum Gasteiger partial charge on any atom is 0.0584 e. The molecule has 1 atom stereocenters. The van der Waals surface area contributed by atoms with Crippen LogP contribution in [-0.4, -0.2) is 30.8 Å². The molecule has 0 bridgehead atoms. The largest absolute Gasteiger partial charge is 0.395 e. The van der Waals surface area contributed by atoms with E-state index in [1.807, 2.05) is 0 Å². The molecule has 3 heteroatoms. The van der Waals surface area contributed by atoms with Crippen LogP contribution in [0.3, 0.4) is 0 Å². The van der Waals surface area contributed by atoms with Crippen LogP contribution in [0.15, 0.2) is 24.3 Å². The molecular formula is C16H26N2O. The Morgan fingerprint density at radius 1 is 1.16 bits per heavy atom. The van der Waals surface area contributed by atoms with Gasteiger partial charge in [0.05, 0.1) is 6.61 Å². The van der Waals surface area contributed by atoms with E-state index in [0.717, 1.165) is 13.0 Å². The molecule has 0 aliphatic carbocycles. The van der Waals surface area contributed by atoms with E-state index in [0.29, 0.717) is 0 Å². The third-order valence-corrected chi connectivity index (χ3v) is 3.97. The Labute approximate surface area is 116 Å². The number of hydrogen-bond donors (Lipinski definition) is 2. The molecule has 0 unspecified atom stereocenters. The van der Waals surface area contributed by atoms with Crippen molar-refractivity contribution in [2.24, 2.45) is 0 Å². The van der Waals surface area contributed by atoms with Crippen LogP contribution in [0, 0.1) is 0 Å². The van der Waals surface area contributed by atoms with Crippen LogP contribution in [-0.2, 0) is 6.54 Å². The Morgan fingerprint density at radius 2 is 1.84 bits per heavy atom. The monoisotopic (exact) mass is 262 g/mol. The molecule has 0 radical (unpaired) electrons. The lowest BCUT2D eigenvalue weighted by atomic mass is 10.1. The van der Waals surface area contributed by atoms with Gasteiger partial charge in [0.15, 0.2) is 0 Å². The molecule has 1 aliphatic rings. The Morgan fingerprint density at radius 3 is 2.42 bits per heavy atom.